The number of amides is 1. The molecule has 0 spiro atoms. The number of aliphatic carboxylic acids is 1. The van der Waals surface area contributed by atoms with Crippen molar-refractivity contribution in [3.05, 3.63) is 0 Å². The van der Waals surface area contributed by atoms with Crippen molar-refractivity contribution in [1.29, 1.82) is 0 Å². The molecule has 1 rings (SSSR count). The van der Waals surface area contributed by atoms with Crippen molar-refractivity contribution in [1.82, 2.24) is 5.32 Å². The van der Waals surface area contributed by atoms with Crippen LogP contribution in [-0.4, -0.2) is 85.4 Å². The van der Waals surface area contributed by atoms with Gasteiger partial charge in [0.15, 0.2) is 0 Å². The highest BCUT2D eigenvalue weighted by molar-refractivity contribution is 5.77. The number of carbonyl (C=O) groups excluding carboxylic acids is 1. The summed E-state index contributed by atoms with van der Waals surface area (Å²) in [4.78, 5) is 22.8. The van der Waals surface area contributed by atoms with E-state index in [1.54, 1.807) is 6.92 Å². The van der Waals surface area contributed by atoms with Gasteiger partial charge in [0.05, 0.1) is 18.8 Å². The fraction of sp³-hybridized carbons (Fsp3) is 0.846. The van der Waals surface area contributed by atoms with Crippen LogP contribution in [-0.2, 0) is 14.3 Å². The highest BCUT2D eigenvalue weighted by Gasteiger charge is 2.53. The highest BCUT2D eigenvalue weighted by Crippen LogP contribution is 2.30. The number of ether oxygens (including phenoxy) is 1. The van der Waals surface area contributed by atoms with Gasteiger partial charge in [-0.3, -0.25) is 4.79 Å². The van der Waals surface area contributed by atoms with Gasteiger partial charge in [-0.05, 0) is 6.42 Å². The minimum Gasteiger partial charge on any atom is -0.477 e. The first-order valence-electron chi connectivity index (χ1n) is 7.24. The molecule has 1 saturated heterocycles. The third-order valence-corrected chi connectivity index (χ3v) is 3.64. The van der Waals surface area contributed by atoms with E-state index in [-0.39, 0.29) is 6.42 Å². The zero-order chi connectivity index (χ0) is 17.8. The average Bonchev–Trinajstić information content (AvgIpc) is 2.48. The van der Waals surface area contributed by atoms with Crippen LogP contribution in [0.15, 0.2) is 0 Å². The van der Waals surface area contributed by atoms with E-state index in [0.717, 1.165) is 0 Å². The molecule has 0 aliphatic carbocycles. The van der Waals surface area contributed by atoms with Gasteiger partial charge in [-0.15, -0.1) is 0 Å². The lowest BCUT2D eigenvalue weighted by atomic mass is 9.88. The van der Waals surface area contributed by atoms with Crippen molar-refractivity contribution in [2.75, 3.05) is 6.61 Å². The van der Waals surface area contributed by atoms with Crippen molar-refractivity contribution in [2.45, 2.75) is 62.4 Å². The Morgan fingerprint density at radius 3 is 2.48 bits per heavy atom. The predicted molar refractivity (Wildman–Crippen MR) is 74.0 cm³/mol. The van der Waals surface area contributed by atoms with Gasteiger partial charge < -0.3 is 40.7 Å². The van der Waals surface area contributed by atoms with E-state index in [4.69, 9.17) is 14.9 Å². The standard InChI is InChI=1S/C13H23NO9/c1-2-3-8(18)14-9-6(16)4-13(22,12(20)21)23-11(9)10(19)7(17)5-15/h6-7,9-11,15-17,19,22H,2-5H2,1H3,(H,14,18)(H,20,21)/t6-,7+,9+,10+,11+,13+/m0/s1. The van der Waals surface area contributed by atoms with Crippen molar-refractivity contribution in [3.8, 4) is 0 Å². The molecule has 1 heterocycles. The smallest absolute Gasteiger partial charge is 0.364 e. The first kappa shape index (κ1) is 19.7. The zero-order valence-corrected chi connectivity index (χ0v) is 12.6. The lowest BCUT2D eigenvalue weighted by molar-refractivity contribution is -0.295. The van der Waals surface area contributed by atoms with Crippen molar-refractivity contribution >= 4 is 11.9 Å². The molecule has 0 aromatic carbocycles. The Balaban J connectivity index is 3.04. The molecule has 0 saturated carbocycles. The van der Waals surface area contributed by atoms with E-state index in [2.05, 4.69) is 5.32 Å². The van der Waals surface area contributed by atoms with E-state index in [1.165, 1.54) is 0 Å². The summed E-state index contributed by atoms with van der Waals surface area (Å²) in [6.45, 7) is 0.886. The Bertz CT molecular complexity index is 432. The fourth-order valence-corrected chi connectivity index (χ4v) is 2.39. The molecule has 1 fully saturated rings. The summed E-state index contributed by atoms with van der Waals surface area (Å²) in [5.74, 6) is -5.05. The largest absolute Gasteiger partial charge is 0.477 e. The van der Waals surface area contributed by atoms with Gasteiger partial charge in [-0.1, -0.05) is 6.92 Å². The SMILES string of the molecule is CCCC(=O)N[C@H]1[C@H]([C@H](O)[C@H](O)CO)O[C@@](O)(C(=O)O)C[C@@H]1O. The lowest BCUT2D eigenvalue weighted by Crippen LogP contribution is -2.67. The number of rotatable bonds is 7. The summed E-state index contributed by atoms with van der Waals surface area (Å²) in [7, 11) is 0. The second-order valence-corrected chi connectivity index (χ2v) is 5.53. The van der Waals surface area contributed by atoms with Crippen LogP contribution in [0.4, 0.5) is 0 Å². The molecular weight excluding hydrogens is 314 g/mol. The number of aliphatic hydroxyl groups excluding tert-OH is 4. The molecule has 1 aliphatic heterocycles. The van der Waals surface area contributed by atoms with E-state index in [9.17, 15) is 30.0 Å². The Kier molecular flexibility index (Phi) is 6.86. The molecule has 1 aliphatic rings. The predicted octanol–water partition coefficient (Wildman–Crippen LogP) is -3.09. The number of carboxylic acids is 1. The minimum absolute atomic E-state index is 0.123. The van der Waals surface area contributed by atoms with E-state index < -0.39 is 61.1 Å². The summed E-state index contributed by atoms with van der Waals surface area (Å²) in [5.41, 5.74) is 0. The zero-order valence-electron chi connectivity index (χ0n) is 12.6. The Morgan fingerprint density at radius 2 is 2.00 bits per heavy atom. The molecule has 0 radical (unpaired) electrons. The minimum atomic E-state index is -2.79. The second kappa shape index (κ2) is 7.99. The van der Waals surface area contributed by atoms with Crippen LogP contribution in [0.5, 0.6) is 0 Å². The summed E-state index contributed by atoms with van der Waals surface area (Å²) in [6.07, 6.45) is -6.84. The number of carbonyl (C=O) groups is 2. The van der Waals surface area contributed by atoms with Gasteiger partial charge >= 0.3 is 5.97 Å². The maximum absolute atomic E-state index is 11.7. The second-order valence-electron chi connectivity index (χ2n) is 5.53. The number of hydrogen-bond acceptors (Lipinski definition) is 8. The third-order valence-electron chi connectivity index (χ3n) is 3.64. The number of nitrogens with one attached hydrogen (secondary N) is 1. The Hall–Kier alpha value is -1.30. The average molecular weight is 337 g/mol. The van der Waals surface area contributed by atoms with Crippen LogP contribution in [0.25, 0.3) is 0 Å². The number of hydrogen-bond donors (Lipinski definition) is 7. The molecule has 0 aromatic rings. The summed E-state index contributed by atoms with van der Waals surface area (Å²) in [5, 5.41) is 59.8. The Labute approximate surface area is 132 Å². The summed E-state index contributed by atoms with van der Waals surface area (Å²) >= 11 is 0. The molecule has 134 valence electrons. The quantitative estimate of drug-likeness (QED) is 0.254. The maximum Gasteiger partial charge on any atom is 0.364 e. The highest BCUT2D eigenvalue weighted by atomic mass is 16.7. The topological polar surface area (TPSA) is 177 Å². The first-order chi connectivity index (χ1) is 10.7. The van der Waals surface area contributed by atoms with Gasteiger partial charge in [0, 0.05) is 12.8 Å². The molecule has 1 amide bonds. The van der Waals surface area contributed by atoms with Crippen LogP contribution < -0.4 is 5.32 Å². The molecule has 10 heteroatoms. The fourth-order valence-electron chi connectivity index (χ4n) is 2.39. The number of carboxylic acid groups (broad SMARTS) is 1. The van der Waals surface area contributed by atoms with Crippen molar-refractivity contribution in [3.63, 3.8) is 0 Å². The molecule has 10 nitrogen and oxygen atoms in total. The van der Waals surface area contributed by atoms with Crippen LogP contribution in [0.3, 0.4) is 0 Å². The van der Waals surface area contributed by atoms with Crippen molar-refractivity contribution < 1.29 is 45.0 Å². The van der Waals surface area contributed by atoms with E-state index >= 15 is 0 Å². The molecule has 0 unspecified atom stereocenters. The first-order valence-corrected chi connectivity index (χ1v) is 7.24. The van der Waals surface area contributed by atoms with Gasteiger partial charge in [-0.25, -0.2) is 4.79 Å². The van der Waals surface area contributed by atoms with Gasteiger partial charge in [0.2, 0.25) is 5.91 Å². The summed E-state index contributed by atoms with van der Waals surface area (Å²) in [6, 6.07) is -1.26. The van der Waals surface area contributed by atoms with Gasteiger partial charge in [-0.2, -0.15) is 0 Å². The number of aliphatic hydroxyl groups is 5. The molecule has 0 bridgehead atoms. The molecule has 23 heavy (non-hydrogen) atoms. The maximum atomic E-state index is 11.7. The van der Waals surface area contributed by atoms with Crippen LogP contribution in [0.1, 0.15) is 26.2 Å². The van der Waals surface area contributed by atoms with Gasteiger partial charge in [0.25, 0.3) is 5.79 Å². The molecular formula is C13H23NO9. The monoisotopic (exact) mass is 337 g/mol. The Morgan fingerprint density at radius 1 is 1.39 bits per heavy atom. The van der Waals surface area contributed by atoms with Crippen LogP contribution in [0, 0.1) is 0 Å². The molecule has 6 atom stereocenters. The lowest BCUT2D eigenvalue weighted by Gasteiger charge is -2.44. The molecule has 7 N–H and O–H groups in total. The molecule has 0 aromatic heterocycles. The van der Waals surface area contributed by atoms with E-state index in [0.29, 0.717) is 6.42 Å². The van der Waals surface area contributed by atoms with Gasteiger partial charge in [0.1, 0.15) is 18.3 Å². The summed E-state index contributed by atoms with van der Waals surface area (Å²) < 4.78 is 4.94. The van der Waals surface area contributed by atoms with E-state index in [1.807, 2.05) is 0 Å². The third kappa shape index (κ3) is 4.59. The van der Waals surface area contributed by atoms with Crippen LogP contribution in [0.2, 0.25) is 0 Å². The normalized spacial score (nSPS) is 33.7. The van der Waals surface area contributed by atoms with Crippen molar-refractivity contribution in [2.24, 2.45) is 0 Å². The van der Waals surface area contributed by atoms with Crippen LogP contribution >= 0.6 is 0 Å².